The maximum Gasteiger partial charge on any atom is 0.320 e. The van der Waals surface area contributed by atoms with Crippen LogP contribution in [0.15, 0.2) is 0 Å². The van der Waals surface area contributed by atoms with Crippen molar-refractivity contribution in [1.29, 1.82) is 0 Å². The monoisotopic (exact) mass is 258 g/mol. The highest BCUT2D eigenvalue weighted by Gasteiger charge is 2.21. The van der Waals surface area contributed by atoms with E-state index >= 15 is 0 Å². The van der Waals surface area contributed by atoms with Crippen LogP contribution in [0, 0.1) is 5.92 Å². The molecule has 18 heavy (non-hydrogen) atoms. The summed E-state index contributed by atoms with van der Waals surface area (Å²) in [4.78, 5) is 22.7. The molecule has 0 saturated heterocycles. The van der Waals surface area contributed by atoms with E-state index in [4.69, 9.17) is 5.11 Å². The molecule has 0 rings (SSSR count). The predicted molar refractivity (Wildman–Crippen MR) is 71.4 cm³/mol. The summed E-state index contributed by atoms with van der Waals surface area (Å²) in [5, 5.41) is 14.7. The number of hydrogen-bond acceptors (Lipinski definition) is 3. The fourth-order valence-corrected chi connectivity index (χ4v) is 1.47. The Morgan fingerprint density at radius 1 is 1.28 bits per heavy atom. The summed E-state index contributed by atoms with van der Waals surface area (Å²) in [5.41, 5.74) is -0.254. The van der Waals surface area contributed by atoms with Crippen molar-refractivity contribution in [3.8, 4) is 0 Å². The summed E-state index contributed by atoms with van der Waals surface area (Å²) in [7, 11) is 0. The van der Waals surface area contributed by atoms with Crippen LogP contribution in [0.1, 0.15) is 47.5 Å². The van der Waals surface area contributed by atoms with Gasteiger partial charge in [0.15, 0.2) is 0 Å². The number of aliphatic carboxylic acids is 1. The molecule has 0 bridgehead atoms. The van der Waals surface area contributed by atoms with Crippen LogP contribution in [0.5, 0.6) is 0 Å². The van der Waals surface area contributed by atoms with Crippen LogP contribution in [0.25, 0.3) is 0 Å². The Morgan fingerprint density at radius 2 is 1.83 bits per heavy atom. The summed E-state index contributed by atoms with van der Waals surface area (Å²) >= 11 is 0. The number of carbonyl (C=O) groups excluding carboxylic acids is 1. The third-order valence-corrected chi connectivity index (χ3v) is 2.88. The molecule has 1 atom stereocenters. The Bertz CT molecular complexity index is 288. The summed E-state index contributed by atoms with van der Waals surface area (Å²) in [6, 6.07) is -0.666. The maximum atomic E-state index is 11.7. The van der Waals surface area contributed by atoms with E-state index in [2.05, 4.69) is 10.6 Å². The number of nitrogens with one attached hydrogen (secondary N) is 2. The first-order valence-corrected chi connectivity index (χ1v) is 6.45. The molecule has 0 aliphatic carbocycles. The van der Waals surface area contributed by atoms with E-state index in [9.17, 15) is 9.59 Å². The van der Waals surface area contributed by atoms with Crippen LogP contribution in [-0.4, -0.2) is 35.1 Å². The standard InChI is InChI=1S/C13H26N2O3/c1-6-13(4,5)15-11(16)8-14-10(12(17)18)7-9(2)3/h9-10,14H,6-8H2,1-5H3,(H,15,16)(H,17,18). The first-order chi connectivity index (χ1) is 8.18. The normalized spacial score (nSPS) is 13.4. The molecule has 5 heteroatoms. The lowest BCUT2D eigenvalue weighted by Crippen LogP contribution is -2.49. The van der Waals surface area contributed by atoms with Crippen molar-refractivity contribution < 1.29 is 14.7 Å². The quantitative estimate of drug-likeness (QED) is 0.614. The van der Waals surface area contributed by atoms with Crippen LogP contribution in [0.2, 0.25) is 0 Å². The van der Waals surface area contributed by atoms with Crippen molar-refractivity contribution in [3.63, 3.8) is 0 Å². The molecular formula is C13H26N2O3. The van der Waals surface area contributed by atoms with E-state index in [1.807, 2.05) is 34.6 Å². The third-order valence-electron chi connectivity index (χ3n) is 2.88. The van der Waals surface area contributed by atoms with Gasteiger partial charge in [0.2, 0.25) is 5.91 Å². The van der Waals surface area contributed by atoms with Crippen molar-refractivity contribution in [2.45, 2.75) is 59.0 Å². The Labute approximate surface area is 109 Å². The second-order valence-electron chi connectivity index (χ2n) is 5.69. The highest BCUT2D eigenvalue weighted by atomic mass is 16.4. The van der Waals surface area contributed by atoms with E-state index in [0.717, 1.165) is 6.42 Å². The molecule has 0 spiro atoms. The molecule has 1 amide bonds. The van der Waals surface area contributed by atoms with Crippen molar-refractivity contribution in [2.24, 2.45) is 5.92 Å². The van der Waals surface area contributed by atoms with Gasteiger partial charge in [-0.3, -0.25) is 14.9 Å². The Hall–Kier alpha value is -1.10. The Kier molecular flexibility index (Phi) is 6.91. The van der Waals surface area contributed by atoms with Gasteiger partial charge in [-0.1, -0.05) is 20.8 Å². The predicted octanol–water partition coefficient (Wildman–Crippen LogP) is 1.38. The number of carboxylic acid groups (broad SMARTS) is 1. The summed E-state index contributed by atoms with van der Waals surface area (Å²) < 4.78 is 0. The Balaban J connectivity index is 4.20. The van der Waals surface area contributed by atoms with Crippen LogP contribution in [0.4, 0.5) is 0 Å². The van der Waals surface area contributed by atoms with Gasteiger partial charge in [0.25, 0.3) is 0 Å². The van der Waals surface area contributed by atoms with E-state index in [0.29, 0.717) is 6.42 Å². The van der Waals surface area contributed by atoms with E-state index in [1.165, 1.54) is 0 Å². The van der Waals surface area contributed by atoms with Gasteiger partial charge in [-0.2, -0.15) is 0 Å². The van der Waals surface area contributed by atoms with Gasteiger partial charge in [0.05, 0.1) is 6.54 Å². The van der Waals surface area contributed by atoms with Crippen molar-refractivity contribution in [2.75, 3.05) is 6.54 Å². The molecule has 5 nitrogen and oxygen atoms in total. The van der Waals surface area contributed by atoms with Gasteiger partial charge in [0.1, 0.15) is 6.04 Å². The zero-order valence-corrected chi connectivity index (χ0v) is 12.0. The van der Waals surface area contributed by atoms with Gasteiger partial charge < -0.3 is 10.4 Å². The van der Waals surface area contributed by atoms with E-state index in [1.54, 1.807) is 0 Å². The molecule has 0 aromatic heterocycles. The summed E-state index contributed by atoms with van der Waals surface area (Å²) in [6.45, 7) is 9.82. The van der Waals surface area contributed by atoms with Crippen LogP contribution >= 0.6 is 0 Å². The van der Waals surface area contributed by atoms with Gasteiger partial charge in [-0.15, -0.1) is 0 Å². The molecule has 0 aromatic carbocycles. The zero-order chi connectivity index (χ0) is 14.3. The maximum absolute atomic E-state index is 11.7. The van der Waals surface area contributed by atoms with E-state index in [-0.39, 0.29) is 23.9 Å². The fourth-order valence-electron chi connectivity index (χ4n) is 1.47. The molecule has 0 fully saturated rings. The highest BCUT2D eigenvalue weighted by molar-refractivity contribution is 5.80. The molecule has 106 valence electrons. The molecule has 0 radical (unpaired) electrons. The molecule has 1 unspecified atom stereocenters. The topological polar surface area (TPSA) is 78.4 Å². The largest absolute Gasteiger partial charge is 0.480 e. The zero-order valence-electron chi connectivity index (χ0n) is 12.0. The lowest BCUT2D eigenvalue weighted by Gasteiger charge is -2.25. The molecular weight excluding hydrogens is 232 g/mol. The Morgan fingerprint density at radius 3 is 2.22 bits per heavy atom. The minimum absolute atomic E-state index is 0.0348. The van der Waals surface area contributed by atoms with Crippen LogP contribution in [0.3, 0.4) is 0 Å². The van der Waals surface area contributed by atoms with Crippen molar-refractivity contribution >= 4 is 11.9 Å². The third kappa shape index (κ3) is 7.27. The number of rotatable bonds is 8. The lowest BCUT2D eigenvalue weighted by molar-refractivity contribution is -0.140. The minimum atomic E-state index is -0.911. The number of amides is 1. The molecule has 0 heterocycles. The molecule has 0 saturated carbocycles. The smallest absolute Gasteiger partial charge is 0.320 e. The average Bonchev–Trinajstić information content (AvgIpc) is 2.22. The number of carboxylic acids is 1. The lowest BCUT2D eigenvalue weighted by atomic mass is 10.0. The second-order valence-corrected chi connectivity index (χ2v) is 5.69. The van der Waals surface area contributed by atoms with Gasteiger partial charge in [-0.25, -0.2) is 0 Å². The van der Waals surface area contributed by atoms with Gasteiger partial charge >= 0.3 is 5.97 Å². The number of hydrogen-bond donors (Lipinski definition) is 3. The summed E-state index contributed by atoms with van der Waals surface area (Å²) in [5.74, 6) is -0.808. The highest BCUT2D eigenvalue weighted by Crippen LogP contribution is 2.07. The first kappa shape index (κ1) is 16.9. The fraction of sp³-hybridized carbons (Fsp3) is 0.846. The van der Waals surface area contributed by atoms with Gasteiger partial charge in [0, 0.05) is 5.54 Å². The molecule has 0 aliphatic heterocycles. The minimum Gasteiger partial charge on any atom is -0.480 e. The van der Waals surface area contributed by atoms with Gasteiger partial charge in [-0.05, 0) is 32.6 Å². The molecule has 3 N–H and O–H groups in total. The SMILES string of the molecule is CCC(C)(C)NC(=O)CNC(CC(C)C)C(=O)O. The first-order valence-electron chi connectivity index (χ1n) is 6.45. The second kappa shape index (κ2) is 7.36. The van der Waals surface area contributed by atoms with Crippen molar-refractivity contribution in [1.82, 2.24) is 10.6 Å². The summed E-state index contributed by atoms with van der Waals surface area (Å²) in [6.07, 6.45) is 1.34. The number of carbonyl (C=O) groups is 2. The van der Waals surface area contributed by atoms with Crippen LogP contribution in [-0.2, 0) is 9.59 Å². The average molecular weight is 258 g/mol. The molecule has 0 aliphatic rings. The molecule has 0 aromatic rings. The van der Waals surface area contributed by atoms with E-state index < -0.39 is 12.0 Å². The van der Waals surface area contributed by atoms with Crippen LogP contribution < -0.4 is 10.6 Å². The van der Waals surface area contributed by atoms with Crippen molar-refractivity contribution in [3.05, 3.63) is 0 Å².